The van der Waals surface area contributed by atoms with E-state index < -0.39 is 5.97 Å². The molecule has 1 aromatic rings. The molecule has 22 heavy (non-hydrogen) atoms. The fourth-order valence-corrected chi connectivity index (χ4v) is 3.86. The van der Waals surface area contributed by atoms with Gasteiger partial charge in [-0.25, -0.2) is 9.69 Å². The van der Waals surface area contributed by atoms with Gasteiger partial charge in [-0.15, -0.1) is 0 Å². The van der Waals surface area contributed by atoms with Gasteiger partial charge >= 0.3 is 5.97 Å². The number of rotatable bonds is 2. The number of amides is 2. The van der Waals surface area contributed by atoms with E-state index in [0.29, 0.717) is 11.3 Å². The van der Waals surface area contributed by atoms with Crippen molar-refractivity contribution in [2.75, 3.05) is 12.0 Å². The molecule has 4 unspecified atom stereocenters. The molecule has 3 aliphatic rings. The largest absolute Gasteiger partial charge is 0.465 e. The smallest absolute Gasteiger partial charge is 0.337 e. The topological polar surface area (TPSA) is 72.9 Å². The van der Waals surface area contributed by atoms with E-state index in [2.05, 4.69) is 4.74 Å². The maximum absolute atomic E-state index is 12.6. The van der Waals surface area contributed by atoms with Gasteiger partial charge in [-0.3, -0.25) is 9.59 Å². The number of anilines is 1. The Kier molecular flexibility index (Phi) is 2.84. The van der Waals surface area contributed by atoms with E-state index in [9.17, 15) is 14.4 Å². The highest BCUT2D eigenvalue weighted by Crippen LogP contribution is 2.49. The molecule has 3 fully saturated rings. The third kappa shape index (κ3) is 1.67. The molecule has 0 radical (unpaired) electrons. The van der Waals surface area contributed by atoms with Crippen molar-refractivity contribution in [2.45, 2.75) is 25.0 Å². The minimum Gasteiger partial charge on any atom is -0.465 e. The zero-order chi connectivity index (χ0) is 15.4. The molecule has 0 aromatic heterocycles. The number of fused-ring (bicyclic) bond motifs is 5. The van der Waals surface area contributed by atoms with E-state index in [0.717, 1.165) is 12.8 Å². The molecular weight excluding hydrogens is 286 g/mol. The average molecular weight is 301 g/mol. The third-order valence-electron chi connectivity index (χ3n) is 4.81. The Balaban J connectivity index is 1.70. The summed E-state index contributed by atoms with van der Waals surface area (Å²) in [5.74, 6) is -1.67. The second-order valence-electron chi connectivity index (χ2n) is 5.90. The maximum atomic E-state index is 12.6. The summed E-state index contributed by atoms with van der Waals surface area (Å²) in [7, 11) is 1.29. The minimum atomic E-state index is -0.496. The molecule has 1 aromatic carbocycles. The van der Waals surface area contributed by atoms with Gasteiger partial charge in [0.05, 0.1) is 42.4 Å². The lowest BCUT2D eigenvalue weighted by Crippen LogP contribution is -2.34. The van der Waals surface area contributed by atoms with Gasteiger partial charge < -0.3 is 9.47 Å². The first kappa shape index (κ1) is 13.5. The van der Waals surface area contributed by atoms with Gasteiger partial charge in [-0.05, 0) is 31.0 Å². The summed E-state index contributed by atoms with van der Waals surface area (Å²) in [6, 6.07) is 6.41. The molecule has 6 heteroatoms. The van der Waals surface area contributed by atoms with Crippen molar-refractivity contribution < 1.29 is 23.9 Å². The summed E-state index contributed by atoms with van der Waals surface area (Å²) >= 11 is 0. The Morgan fingerprint density at radius 3 is 2.41 bits per heavy atom. The number of carbonyl (C=O) groups is 3. The highest BCUT2D eigenvalue weighted by atomic mass is 16.5. The van der Waals surface area contributed by atoms with Gasteiger partial charge in [0.15, 0.2) is 0 Å². The average Bonchev–Trinajstić information content (AvgIpc) is 3.21. The summed E-state index contributed by atoms with van der Waals surface area (Å²) in [6.45, 7) is 0. The lowest BCUT2D eigenvalue weighted by molar-refractivity contribution is -0.124. The van der Waals surface area contributed by atoms with Crippen LogP contribution in [0.5, 0.6) is 0 Å². The van der Waals surface area contributed by atoms with Crippen molar-refractivity contribution in [2.24, 2.45) is 11.8 Å². The Labute approximate surface area is 127 Å². The second-order valence-corrected chi connectivity index (χ2v) is 5.90. The van der Waals surface area contributed by atoms with Crippen molar-refractivity contribution in [3.8, 4) is 0 Å². The van der Waals surface area contributed by atoms with Crippen LogP contribution in [0, 0.1) is 11.8 Å². The molecular formula is C16H15NO5. The van der Waals surface area contributed by atoms with Crippen molar-refractivity contribution in [1.82, 2.24) is 0 Å². The van der Waals surface area contributed by atoms with Gasteiger partial charge in [0.1, 0.15) is 0 Å². The first-order valence-corrected chi connectivity index (χ1v) is 7.33. The van der Waals surface area contributed by atoms with Crippen LogP contribution in [0.25, 0.3) is 0 Å². The number of esters is 1. The second kappa shape index (κ2) is 4.64. The summed E-state index contributed by atoms with van der Waals surface area (Å²) in [5, 5.41) is 0. The fourth-order valence-electron chi connectivity index (χ4n) is 3.86. The van der Waals surface area contributed by atoms with Crippen LogP contribution in [0.15, 0.2) is 24.3 Å². The van der Waals surface area contributed by atoms with Gasteiger partial charge in [0, 0.05) is 0 Å². The van der Waals surface area contributed by atoms with Crippen molar-refractivity contribution in [3.63, 3.8) is 0 Å². The lowest BCUT2D eigenvalue weighted by Gasteiger charge is -2.18. The summed E-state index contributed by atoms with van der Waals surface area (Å²) in [4.78, 5) is 38.1. The molecule has 0 saturated carbocycles. The number of methoxy groups -OCH3 is 1. The molecule has 114 valence electrons. The number of ether oxygens (including phenoxy) is 2. The molecule has 6 nitrogen and oxygen atoms in total. The molecule has 3 saturated heterocycles. The minimum absolute atomic E-state index is 0.139. The highest BCUT2D eigenvalue weighted by Gasteiger charge is 2.62. The first-order chi connectivity index (χ1) is 10.6. The van der Waals surface area contributed by atoms with Gasteiger partial charge in [0.25, 0.3) is 0 Å². The van der Waals surface area contributed by atoms with Crippen LogP contribution in [0.3, 0.4) is 0 Å². The molecule has 0 N–H and O–H groups in total. The van der Waals surface area contributed by atoms with Crippen molar-refractivity contribution >= 4 is 23.5 Å². The van der Waals surface area contributed by atoms with Gasteiger partial charge in [-0.2, -0.15) is 0 Å². The Morgan fingerprint density at radius 2 is 1.82 bits per heavy atom. The summed E-state index contributed by atoms with van der Waals surface area (Å²) in [6.07, 6.45) is 1.39. The van der Waals surface area contributed by atoms with Crippen molar-refractivity contribution in [1.29, 1.82) is 0 Å². The Bertz CT molecular complexity index is 657. The molecule has 2 bridgehead atoms. The molecule has 3 aliphatic heterocycles. The number of imide groups is 1. The third-order valence-corrected chi connectivity index (χ3v) is 4.81. The number of benzene rings is 1. The summed E-state index contributed by atoms with van der Waals surface area (Å²) < 4.78 is 10.4. The SMILES string of the molecule is COC(=O)c1cccc(N2C(=O)C3C4CCC(O4)C3C2=O)c1. The predicted molar refractivity (Wildman–Crippen MR) is 75.1 cm³/mol. The Morgan fingerprint density at radius 1 is 1.18 bits per heavy atom. The molecule has 4 rings (SSSR count). The van der Waals surface area contributed by atoms with Crippen LogP contribution >= 0.6 is 0 Å². The van der Waals surface area contributed by atoms with E-state index in [1.54, 1.807) is 18.2 Å². The lowest BCUT2D eigenvalue weighted by atomic mass is 9.81. The van der Waals surface area contributed by atoms with Crippen LogP contribution < -0.4 is 4.90 Å². The first-order valence-electron chi connectivity index (χ1n) is 7.33. The maximum Gasteiger partial charge on any atom is 0.337 e. The van der Waals surface area contributed by atoms with E-state index in [-0.39, 0.29) is 35.9 Å². The fraction of sp³-hybridized carbons (Fsp3) is 0.438. The Hall–Kier alpha value is -2.21. The van der Waals surface area contributed by atoms with E-state index >= 15 is 0 Å². The normalized spacial score (nSPS) is 32.5. The van der Waals surface area contributed by atoms with E-state index in [1.165, 1.54) is 18.1 Å². The van der Waals surface area contributed by atoms with Crippen LogP contribution in [0.4, 0.5) is 5.69 Å². The van der Waals surface area contributed by atoms with E-state index in [4.69, 9.17) is 4.74 Å². The number of hydrogen-bond acceptors (Lipinski definition) is 5. The molecule has 4 atom stereocenters. The number of carbonyl (C=O) groups excluding carboxylic acids is 3. The van der Waals surface area contributed by atoms with Crippen LogP contribution in [-0.2, 0) is 19.1 Å². The zero-order valence-corrected chi connectivity index (χ0v) is 12.0. The quantitative estimate of drug-likeness (QED) is 0.605. The van der Waals surface area contributed by atoms with Crippen LogP contribution in [0.2, 0.25) is 0 Å². The van der Waals surface area contributed by atoms with Crippen LogP contribution in [-0.4, -0.2) is 37.1 Å². The van der Waals surface area contributed by atoms with Gasteiger partial charge in [0.2, 0.25) is 11.8 Å². The molecule has 0 spiro atoms. The standard InChI is InChI=1S/C16H15NO5/c1-21-16(20)8-3-2-4-9(7-8)17-14(18)12-10-5-6-11(22-10)13(12)15(17)19/h2-4,7,10-13H,5-6H2,1H3. The van der Waals surface area contributed by atoms with Gasteiger partial charge in [-0.1, -0.05) is 6.07 Å². The van der Waals surface area contributed by atoms with Crippen molar-refractivity contribution in [3.05, 3.63) is 29.8 Å². The number of nitrogens with zero attached hydrogens (tertiary/aromatic N) is 1. The van der Waals surface area contributed by atoms with Crippen LogP contribution in [0.1, 0.15) is 23.2 Å². The molecule has 3 heterocycles. The predicted octanol–water partition coefficient (Wildman–Crippen LogP) is 1.14. The zero-order valence-electron chi connectivity index (χ0n) is 12.0. The summed E-state index contributed by atoms with van der Waals surface area (Å²) in [5.41, 5.74) is 0.739. The molecule has 2 amide bonds. The van der Waals surface area contributed by atoms with E-state index in [1.807, 2.05) is 0 Å². The highest BCUT2D eigenvalue weighted by molar-refractivity contribution is 6.23. The molecule has 0 aliphatic carbocycles. The number of hydrogen-bond donors (Lipinski definition) is 0. The monoisotopic (exact) mass is 301 g/mol.